The predicted octanol–water partition coefficient (Wildman–Crippen LogP) is 4.62. The van der Waals surface area contributed by atoms with Gasteiger partial charge in [0.2, 0.25) is 0 Å². The van der Waals surface area contributed by atoms with Crippen LogP contribution in [0.4, 0.5) is 0 Å². The highest BCUT2D eigenvalue weighted by atomic mass is 16.1. The van der Waals surface area contributed by atoms with E-state index < -0.39 is 0 Å². The third-order valence-corrected chi connectivity index (χ3v) is 4.08. The summed E-state index contributed by atoms with van der Waals surface area (Å²) in [6.07, 6.45) is 4.81. The van der Waals surface area contributed by atoms with Crippen molar-refractivity contribution in [2.45, 2.75) is 32.1 Å². The van der Waals surface area contributed by atoms with Gasteiger partial charge < -0.3 is 0 Å². The van der Waals surface area contributed by atoms with Gasteiger partial charge in [0.25, 0.3) is 0 Å². The fourth-order valence-corrected chi connectivity index (χ4v) is 3.09. The van der Waals surface area contributed by atoms with Crippen LogP contribution in [0.5, 0.6) is 0 Å². The second kappa shape index (κ2) is 5.00. The highest BCUT2D eigenvalue weighted by molar-refractivity contribution is 5.97. The van der Waals surface area contributed by atoms with Gasteiger partial charge in [-0.15, -0.1) is 0 Å². The molecule has 0 radical (unpaired) electrons. The Hall–Kier alpha value is -1.89. The van der Waals surface area contributed by atoms with Crippen molar-refractivity contribution < 1.29 is 4.79 Å². The van der Waals surface area contributed by atoms with Gasteiger partial charge in [-0.25, -0.2) is 0 Å². The van der Waals surface area contributed by atoms with Gasteiger partial charge in [0.15, 0.2) is 5.78 Å². The lowest BCUT2D eigenvalue weighted by Gasteiger charge is -2.25. The van der Waals surface area contributed by atoms with Crippen molar-refractivity contribution in [1.82, 2.24) is 0 Å². The van der Waals surface area contributed by atoms with Crippen molar-refractivity contribution in [2.75, 3.05) is 0 Å². The molecule has 1 aliphatic rings. The maximum absolute atomic E-state index is 12.0. The molecule has 19 heavy (non-hydrogen) atoms. The molecule has 0 N–H and O–H groups in total. The molecular weight excluding hydrogens is 232 g/mol. The molecule has 1 unspecified atom stereocenters. The van der Waals surface area contributed by atoms with Gasteiger partial charge in [0, 0.05) is 12.3 Å². The normalized spacial score (nSPS) is 22.1. The fraction of sp³-hybridized carbons (Fsp3) is 0.278. The zero-order chi connectivity index (χ0) is 13.2. The maximum atomic E-state index is 12.0. The molecule has 1 nitrogen and oxygen atoms in total. The molecule has 1 heteroatoms. The number of Topliss-reactive ketones (excluding diaryl/α,β-unsaturated/α-hetero) is 1. The van der Waals surface area contributed by atoms with Crippen molar-refractivity contribution in [2.24, 2.45) is 0 Å². The van der Waals surface area contributed by atoms with Crippen LogP contribution in [-0.2, 0) is 4.79 Å². The van der Waals surface area contributed by atoms with E-state index in [1.165, 1.54) is 16.3 Å². The van der Waals surface area contributed by atoms with Crippen LogP contribution in [0.3, 0.4) is 0 Å². The van der Waals surface area contributed by atoms with Crippen LogP contribution >= 0.6 is 0 Å². The lowest BCUT2D eigenvalue weighted by atomic mass is 9.78. The first-order valence-corrected chi connectivity index (χ1v) is 6.97. The molecule has 0 heterocycles. The number of fused-ring (bicyclic) bond motifs is 1. The molecule has 0 bridgehead atoms. The zero-order valence-corrected chi connectivity index (χ0v) is 11.2. The molecule has 0 amide bonds. The van der Waals surface area contributed by atoms with Crippen LogP contribution in [0.25, 0.3) is 10.8 Å². The van der Waals surface area contributed by atoms with Crippen molar-refractivity contribution in [3.05, 3.63) is 59.7 Å². The van der Waals surface area contributed by atoms with E-state index in [4.69, 9.17) is 0 Å². The molecule has 0 saturated heterocycles. The minimum atomic E-state index is 0.288. The van der Waals surface area contributed by atoms with E-state index in [2.05, 4.69) is 42.5 Å². The summed E-state index contributed by atoms with van der Waals surface area (Å²) in [4.78, 5) is 12.0. The minimum absolute atomic E-state index is 0.288. The number of rotatable bonds is 1. The van der Waals surface area contributed by atoms with Gasteiger partial charge >= 0.3 is 0 Å². The average molecular weight is 250 g/mol. The van der Waals surface area contributed by atoms with E-state index in [-0.39, 0.29) is 5.92 Å². The molecule has 1 fully saturated rings. The third kappa shape index (κ3) is 2.21. The number of carbonyl (C=O) groups is 1. The lowest BCUT2D eigenvalue weighted by molar-refractivity contribution is -0.116. The molecule has 2 aromatic carbocycles. The molecule has 2 aromatic rings. The molecule has 0 spiro atoms. The van der Waals surface area contributed by atoms with Crippen molar-refractivity contribution in [1.29, 1.82) is 0 Å². The number of ketones is 1. The highest BCUT2D eigenvalue weighted by Crippen LogP contribution is 2.36. The molecule has 0 aliphatic heterocycles. The van der Waals surface area contributed by atoms with Crippen molar-refractivity contribution in [3.8, 4) is 0 Å². The Morgan fingerprint density at radius 3 is 2.68 bits per heavy atom. The lowest BCUT2D eigenvalue weighted by Crippen LogP contribution is -2.17. The summed E-state index contributed by atoms with van der Waals surface area (Å²) < 4.78 is 0. The monoisotopic (exact) mass is 250 g/mol. The van der Waals surface area contributed by atoms with E-state index in [1.807, 2.05) is 13.0 Å². The van der Waals surface area contributed by atoms with Gasteiger partial charge in [-0.1, -0.05) is 48.5 Å². The summed E-state index contributed by atoms with van der Waals surface area (Å²) >= 11 is 0. The molecular formula is C18H18O. The molecule has 3 rings (SSSR count). The zero-order valence-electron chi connectivity index (χ0n) is 11.2. The fourth-order valence-electron chi connectivity index (χ4n) is 3.09. The number of allylic oxidation sites excluding steroid dienone is 2. The quantitative estimate of drug-likeness (QED) is 0.675. The summed E-state index contributed by atoms with van der Waals surface area (Å²) in [5.41, 5.74) is 2.28. The van der Waals surface area contributed by atoms with Gasteiger partial charge in [0.1, 0.15) is 0 Å². The number of hydrogen-bond donors (Lipinski definition) is 0. The Balaban J connectivity index is 2.05. The molecule has 1 atom stereocenters. The number of carbonyl (C=O) groups excluding carboxylic acids is 1. The van der Waals surface area contributed by atoms with Crippen molar-refractivity contribution in [3.63, 3.8) is 0 Å². The van der Waals surface area contributed by atoms with Crippen LogP contribution < -0.4 is 0 Å². The standard InChI is InChI=1S/C18H18O/c1-2-16-17(8-5-9-18(16)19)15-11-10-13-6-3-4-7-14(13)12-15/h2-4,6-7,10-12,17H,5,8-9H2,1H3/b16-2+. The average Bonchev–Trinajstić information content (AvgIpc) is 2.46. The topological polar surface area (TPSA) is 17.1 Å². The first-order chi connectivity index (χ1) is 9.29. The SMILES string of the molecule is C/C=C1/C(=O)CCCC1c1ccc2ccccc2c1. The second-order valence-electron chi connectivity index (χ2n) is 5.22. The summed E-state index contributed by atoms with van der Waals surface area (Å²) in [5.74, 6) is 0.614. The number of benzene rings is 2. The largest absolute Gasteiger partial charge is 0.295 e. The Kier molecular flexibility index (Phi) is 3.20. The molecule has 96 valence electrons. The van der Waals surface area contributed by atoms with Gasteiger partial charge in [-0.2, -0.15) is 0 Å². The first-order valence-electron chi connectivity index (χ1n) is 6.97. The third-order valence-electron chi connectivity index (χ3n) is 4.08. The van der Waals surface area contributed by atoms with Crippen LogP contribution in [0, 0.1) is 0 Å². The second-order valence-corrected chi connectivity index (χ2v) is 5.22. The minimum Gasteiger partial charge on any atom is -0.295 e. The van der Waals surface area contributed by atoms with Crippen LogP contribution in [-0.4, -0.2) is 5.78 Å². The van der Waals surface area contributed by atoms with Crippen LogP contribution in [0.2, 0.25) is 0 Å². The Morgan fingerprint density at radius 2 is 1.89 bits per heavy atom. The van der Waals surface area contributed by atoms with Crippen molar-refractivity contribution >= 4 is 16.6 Å². The van der Waals surface area contributed by atoms with E-state index in [1.54, 1.807) is 0 Å². The highest BCUT2D eigenvalue weighted by Gasteiger charge is 2.26. The Labute approximate surface area is 113 Å². The Morgan fingerprint density at radius 1 is 1.11 bits per heavy atom. The Bertz CT molecular complexity index is 652. The van der Waals surface area contributed by atoms with Crippen LogP contribution in [0.1, 0.15) is 37.7 Å². The van der Waals surface area contributed by atoms with E-state index in [0.717, 1.165) is 18.4 Å². The molecule has 1 saturated carbocycles. The predicted molar refractivity (Wildman–Crippen MR) is 79.3 cm³/mol. The first kappa shape index (κ1) is 12.2. The summed E-state index contributed by atoms with van der Waals surface area (Å²) in [6, 6.07) is 15.0. The smallest absolute Gasteiger partial charge is 0.159 e. The van der Waals surface area contributed by atoms with Gasteiger partial charge in [-0.3, -0.25) is 4.79 Å². The number of hydrogen-bond acceptors (Lipinski definition) is 1. The summed E-state index contributed by atoms with van der Waals surface area (Å²) in [7, 11) is 0. The molecule has 1 aliphatic carbocycles. The van der Waals surface area contributed by atoms with Crippen LogP contribution in [0.15, 0.2) is 54.1 Å². The molecule has 0 aromatic heterocycles. The van der Waals surface area contributed by atoms with E-state index in [0.29, 0.717) is 12.2 Å². The van der Waals surface area contributed by atoms with E-state index in [9.17, 15) is 4.79 Å². The van der Waals surface area contributed by atoms with Gasteiger partial charge in [0.05, 0.1) is 0 Å². The van der Waals surface area contributed by atoms with E-state index >= 15 is 0 Å². The summed E-state index contributed by atoms with van der Waals surface area (Å²) in [6.45, 7) is 1.98. The maximum Gasteiger partial charge on any atom is 0.159 e. The van der Waals surface area contributed by atoms with Gasteiger partial charge in [-0.05, 0) is 41.7 Å². The summed E-state index contributed by atoms with van der Waals surface area (Å²) in [5, 5.41) is 2.52.